The molecule has 0 aliphatic rings. The van der Waals surface area contributed by atoms with Gasteiger partial charge in [-0.3, -0.25) is 14.6 Å². The summed E-state index contributed by atoms with van der Waals surface area (Å²) in [7, 11) is 0. The number of carbonyl (C=O) groups excluding carboxylic acids is 2. The minimum absolute atomic E-state index is 0.215. The predicted octanol–water partition coefficient (Wildman–Crippen LogP) is 4.16. The lowest BCUT2D eigenvalue weighted by molar-refractivity contribution is -0.118. The van der Waals surface area contributed by atoms with E-state index in [9.17, 15) is 9.59 Å². The van der Waals surface area contributed by atoms with Crippen LogP contribution in [0.2, 0.25) is 5.02 Å². The van der Waals surface area contributed by atoms with Crippen molar-refractivity contribution < 1.29 is 9.59 Å². The number of nitrogens with two attached hydrogens (primary N) is 1. The van der Waals surface area contributed by atoms with Gasteiger partial charge in [0.05, 0.1) is 5.56 Å². The quantitative estimate of drug-likeness (QED) is 0.678. The zero-order chi connectivity index (χ0) is 20.3. The summed E-state index contributed by atoms with van der Waals surface area (Å²) in [4.78, 5) is 32.9. The molecule has 0 fully saturated rings. The molecule has 1 aromatic carbocycles. The Kier molecular flexibility index (Phi) is 5.70. The van der Waals surface area contributed by atoms with E-state index in [0.717, 1.165) is 11.1 Å². The van der Waals surface area contributed by atoms with Crippen LogP contribution in [-0.4, -0.2) is 21.8 Å². The highest BCUT2D eigenvalue weighted by molar-refractivity contribution is 6.30. The fourth-order valence-corrected chi connectivity index (χ4v) is 2.90. The third kappa shape index (κ3) is 4.02. The molecule has 2 amide bonds. The average molecular weight is 395 g/mol. The second-order valence-electron chi connectivity index (χ2n) is 6.52. The lowest BCUT2D eigenvalue weighted by Crippen LogP contribution is -2.21. The summed E-state index contributed by atoms with van der Waals surface area (Å²) in [5.41, 5.74) is 8.60. The lowest BCUT2D eigenvalue weighted by atomic mass is 9.93. The highest BCUT2D eigenvalue weighted by Crippen LogP contribution is 2.37. The summed E-state index contributed by atoms with van der Waals surface area (Å²) in [6.45, 7) is 3.55. The van der Waals surface area contributed by atoms with Crippen molar-refractivity contribution in [2.75, 3.05) is 5.32 Å². The van der Waals surface area contributed by atoms with Gasteiger partial charge in [-0.2, -0.15) is 0 Å². The number of amides is 2. The van der Waals surface area contributed by atoms with Gasteiger partial charge in [0, 0.05) is 40.7 Å². The number of hydrogen-bond acceptors (Lipinski definition) is 4. The number of anilines is 1. The van der Waals surface area contributed by atoms with E-state index in [1.54, 1.807) is 38.4 Å². The third-order valence-corrected chi connectivity index (χ3v) is 4.48. The van der Waals surface area contributed by atoms with Crippen LogP contribution in [0.25, 0.3) is 22.3 Å². The van der Waals surface area contributed by atoms with Gasteiger partial charge in [0.1, 0.15) is 5.82 Å². The number of nitrogens with zero attached hydrogens (tertiary/aromatic N) is 2. The van der Waals surface area contributed by atoms with Gasteiger partial charge < -0.3 is 11.1 Å². The number of nitrogens with one attached hydrogen (secondary N) is 1. The minimum Gasteiger partial charge on any atom is -0.366 e. The molecule has 3 aromatic rings. The maximum atomic E-state index is 12.3. The summed E-state index contributed by atoms with van der Waals surface area (Å²) in [6.07, 6.45) is 4.72. The van der Waals surface area contributed by atoms with Gasteiger partial charge in [-0.15, -0.1) is 0 Å². The number of primary amides is 1. The molecular formula is C21H19ClN4O2. The number of pyridine rings is 2. The first-order valence-corrected chi connectivity index (χ1v) is 9.06. The summed E-state index contributed by atoms with van der Waals surface area (Å²) in [5, 5.41) is 3.40. The maximum absolute atomic E-state index is 12.3. The third-order valence-electron chi connectivity index (χ3n) is 4.23. The second-order valence-corrected chi connectivity index (χ2v) is 6.95. The van der Waals surface area contributed by atoms with E-state index < -0.39 is 5.91 Å². The Morgan fingerprint density at radius 1 is 1.04 bits per heavy atom. The molecule has 3 rings (SSSR count). The van der Waals surface area contributed by atoms with E-state index in [1.165, 1.54) is 12.3 Å². The molecule has 0 saturated heterocycles. The zero-order valence-corrected chi connectivity index (χ0v) is 16.2. The summed E-state index contributed by atoms with van der Waals surface area (Å²) >= 11 is 6.00. The molecule has 142 valence electrons. The molecular weight excluding hydrogens is 376 g/mol. The Labute approximate surface area is 167 Å². The van der Waals surface area contributed by atoms with E-state index in [0.29, 0.717) is 16.1 Å². The molecule has 7 heteroatoms. The molecule has 28 heavy (non-hydrogen) atoms. The molecule has 0 atom stereocenters. The van der Waals surface area contributed by atoms with Crippen LogP contribution in [0.1, 0.15) is 24.2 Å². The first-order chi connectivity index (χ1) is 13.4. The molecule has 2 aromatic heterocycles. The topological polar surface area (TPSA) is 98.0 Å². The molecule has 0 saturated carbocycles. The smallest absolute Gasteiger partial charge is 0.249 e. The SMILES string of the molecule is CC(C)C(=O)Nc1nccc(C(N)=O)c1-c1cnccc1-c1ccc(Cl)cc1. The van der Waals surface area contributed by atoms with E-state index in [2.05, 4.69) is 15.3 Å². The van der Waals surface area contributed by atoms with Gasteiger partial charge in [0.15, 0.2) is 0 Å². The Balaban J connectivity index is 2.24. The summed E-state index contributed by atoms with van der Waals surface area (Å²) in [6, 6.07) is 10.6. The van der Waals surface area contributed by atoms with Crippen LogP contribution in [0.5, 0.6) is 0 Å². The molecule has 0 radical (unpaired) electrons. The van der Waals surface area contributed by atoms with Crippen molar-refractivity contribution in [3.63, 3.8) is 0 Å². The number of carbonyl (C=O) groups is 2. The number of rotatable bonds is 5. The van der Waals surface area contributed by atoms with Crippen LogP contribution in [0.4, 0.5) is 5.82 Å². The monoisotopic (exact) mass is 394 g/mol. The van der Waals surface area contributed by atoms with E-state index in [1.807, 2.05) is 18.2 Å². The Bertz CT molecular complexity index is 1030. The van der Waals surface area contributed by atoms with Crippen molar-refractivity contribution in [2.24, 2.45) is 11.7 Å². The fraction of sp³-hybridized carbons (Fsp3) is 0.143. The van der Waals surface area contributed by atoms with E-state index in [4.69, 9.17) is 17.3 Å². The normalized spacial score (nSPS) is 10.7. The summed E-state index contributed by atoms with van der Waals surface area (Å²) < 4.78 is 0. The van der Waals surface area contributed by atoms with Crippen LogP contribution in [0, 0.1) is 5.92 Å². The van der Waals surface area contributed by atoms with Crippen molar-refractivity contribution in [3.8, 4) is 22.3 Å². The first-order valence-electron chi connectivity index (χ1n) is 8.68. The fourth-order valence-electron chi connectivity index (χ4n) is 2.77. The van der Waals surface area contributed by atoms with Crippen molar-refractivity contribution >= 4 is 29.2 Å². The molecule has 0 unspecified atom stereocenters. The van der Waals surface area contributed by atoms with Crippen molar-refractivity contribution in [1.82, 2.24) is 9.97 Å². The standard InChI is InChI=1S/C21H19ClN4O2/c1-12(2)21(28)26-20-18(16(19(23)27)8-10-25-20)17-11-24-9-7-15(17)13-3-5-14(22)6-4-13/h3-12H,1-2H3,(H2,23,27)(H,25,26,28). The maximum Gasteiger partial charge on any atom is 0.249 e. The second kappa shape index (κ2) is 8.19. The van der Waals surface area contributed by atoms with Crippen LogP contribution in [0.15, 0.2) is 55.0 Å². The van der Waals surface area contributed by atoms with Gasteiger partial charge in [-0.05, 0) is 35.4 Å². The Morgan fingerprint density at radius 2 is 1.75 bits per heavy atom. The molecule has 0 aliphatic heterocycles. The largest absolute Gasteiger partial charge is 0.366 e. The van der Waals surface area contributed by atoms with E-state index in [-0.39, 0.29) is 23.2 Å². The zero-order valence-electron chi connectivity index (χ0n) is 15.4. The summed E-state index contributed by atoms with van der Waals surface area (Å²) in [5.74, 6) is -0.828. The van der Waals surface area contributed by atoms with E-state index >= 15 is 0 Å². The van der Waals surface area contributed by atoms with Gasteiger partial charge in [-0.1, -0.05) is 37.6 Å². The Morgan fingerprint density at radius 3 is 2.39 bits per heavy atom. The minimum atomic E-state index is -0.622. The van der Waals surface area contributed by atoms with Crippen LogP contribution < -0.4 is 11.1 Å². The number of aromatic nitrogens is 2. The first kappa shape index (κ1) is 19.5. The van der Waals surface area contributed by atoms with Crippen molar-refractivity contribution in [2.45, 2.75) is 13.8 Å². The molecule has 2 heterocycles. The Hall–Kier alpha value is -3.25. The molecule has 0 bridgehead atoms. The van der Waals surface area contributed by atoms with Gasteiger partial charge >= 0.3 is 0 Å². The van der Waals surface area contributed by atoms with Crippen molar-refractivity contribution in [3.05, 3.63) is 65.6 Å². The average Bonchev–Trinajstić information content (AvgIpc) is 2.68. The van der Waals surface area contributed by atoms with Crippen LogP contribution >= 0.6 is 11.6 Å². The molecule has 0 spiro atoms. The van der Waals surface area contributed by atoms with Crippen LogP contribution in [0.3, 0.4) is 0 Å². The van der Waals surface area contributed by atoms with Crippen molar-refractivity contribution in [1.29, 1.82) is 0 Å². The predicted molar refractivity (Wildman–Crippen MR) is 110 cm³/mol. The number of halogens is 1. The molecule has 0 aliphatic carbocycles. The number of benzene rings is 1. The molecule has 6 nitrogen and oxygen atoms in total. The lowest BCUT2D eigenvalue weighted by Gasteiger charge is -2.17. The highest BCUT2D eigenvalue weighted by Gasteiger charge is 2.21. The van der Waals surface area contributed by atoms with Crippen LogP contribution in [-0.2, 0) is 4.79 Å². The van der Waals surface area contributed by atoms with Gasteiger partial charge in [0.2, 0.25) is 11.8 Å². The van der Waals surface area contributed by atoms with Gasteiger partial charge in [-0.25, -0.2) is 4.98 Å². The molecule has 3 N–H and O–H groups in total. The van der Waals surface area contributed by atoms with Gasteiger partial charge in [0.25, 0.3) is 0 Å². The highest BCUT2D eigenvalue weighted by atomic mass is 35.5. The number of hydrogen-bond donors (Lipinski definition) is 2.